The summed E-state index contributed by atoms with van der Waals surface area (Å²) in [6.45, 7) is 0. The summed E-state index contributed by atoms with van der Waals surface area (Å²) in [4.78, 5) is 4.05. The number of fused-ring (bicyclic) bond motifs is 1. The van der Waals surface area contributed by atoms with Crippen molar-refractivity contribution in [1.82, 2.24) is 4.98 Å². The molecule has 0 aliphatic carbocycles. The van der Waals surface area contributed by atoms with Gasteiger partial charge in [0.1, 0.15) is 17.5 Å². The van der Waals surface area contributed by atoms with E-state index in [9.17, 15) is 0 Å². The van der Waals surface area contributed by atoms with Gasteiger partial charge in [0.2, 0.25) is 6.10 Å². The zero-order valence-electron chi connectivity index (χ0n) is 6.77. The molecule has 1 atom stereocenters. The Morgan fingerprint density at radius 3 is 3.23 bits per heavy atom. The van der Waals surface area contributed by atoms with Crippen LogP contribution in [0.3, 0.4) is 0 Å². The highest BCUT2D eigenvalue weighted by Gasteiger charge is 2.19. The molecule has 1 aliphatic heterocycles. The third-order valence-electron chi connectivity index (χ3n) is 1.77. The van der Waals surface area contributed by atoms with Crippen molar-refractivity contribution in [3.05, 3.63) is 29.7 Å². The van der Waals surface area contributed by atoms with Crippen molar-refractivity contribution in [2.75, 3.05) is 0 Å². The average Bonchev–Trinajstić information content (AvgIpc) is 2.17. The normalized spacial score (nSPS) is 19.3. The van der Waals surface area contributed by atoms with Crippen molar-refractivity contribution in [2.24, 2.45) is 5.73 Å². The van der Waals surface area contributed by atoms with Crippen LogP contribution in [0.5, 0.6) is 5.75 Å². The molecule has 0 fully saturated rings. The molecule has 1 aromatic rings. The van der Waals surface area contributed by atoms with Gasteiger partial charge in [-0.25, -0.2) is 0 Å². The highest BCUT2D eigenvalue weighted by atomic mass is 16.5. The molecule has 0 saturated carbocycles. The Kier molecular flexibility index (Phi) is 1.64. The zero-order chi connectivity index (χ0) is 9.26. The fourth-order valence-corrected chi connectivity index (χ4v) is 1.14. The van der Waals surface area contributed by atoms with E-state index in [2.05, 4.69) is 4.98 Å². The summed E-state index contributed by atoms with van der Waals surface area (Å²) in [6, 6.07) is 5.46. The number of hydrogen-bond acceptors (Lipinski definition) is 4. The van der Waals surface area contributed by atoms with Gasteiger partial charge in [-0.15, -0.1) is 0 Å². The number of aromatic nitrogens is 1. The summed E-state index contributed by atoms with van der Waals surface area (Å²) in [5.74, 6) is 0.600. The highest BCUT2D eigenvalue weighted by Crippen LogP contribution is 2.24. The number of rotatable bonds is 0. The second-order valence-corrected chi connectivity index (χ2v) is 2.66. The molecule has 1 unspecified atom stereocenters. The van der Waals surface area contributed by atoms with Crippen molar-refractivity contribution in [3.63, 3.8) is 0 Å². The van der Waals surface area contributed by atoms with E-state index in [0.717, 1.165) is 0 Å². The zero-order valence-corrected chi connectivity index (χ0v) is 6.77. The molecule has 2 rings (SSSR count). The third kappa shape index (κ3) is 1.20. The Morgan fingerprint density at radius 1 is 1.62 bits per heavy atom. The maximum Gasteiger partial charge on any atom is 0.223 e. The fraction of sp³-hybridized carbons (Fsp3) is 0.111. The molecule has 64 valence electrons. The monoisotopic (exact) mass is 173 g/mol. The van der Waals surface area contributed by atoms with Gasteiger partial charge in [0.25, 0.3) is 0 Å². The number of nitrogens with zero attached hydrogens (tertiary/aromatic N) is 2. The van der Waals surface area contributed by atoms with Crippen molar-refractivity contribution in [2.45, 2.75) is 6.10 Å². The van der Waals surface area contributed by atoms with E-state index in [4.69, 9.17) is 15.7 Å². The minimum atomic E-state index is -0.684. The lowest BCUT2D eigenvalue weighted by Crippen LogP contribution is -2.25. The van der Waals surface area contributed by atoms with Gasteiger partial charge in [0.15, 0.2) is 0 Å². The van der Waals surface area contributed by atoms with Crippen molar-refractivity contribution < 1.29 is 4.74 Å². The average molecular weight is 173 g/mol. The van der Waals surface area contributed by atoms with E-state index in [0.29, 0.717) is 17.1 Å². The molecule has 0 saturated heterocycles. The number of nitriles is 1. The first-order chi connectivity index (χ1) is 6.31. The predicted molar refractivity (Wildman–Crippen MR) is 46.4 cm³/mol. The van der Waals surface area contributed by atoms with Crippen LogP contribution in [0, 0.1) is 11.3 Å². The number of nitrogens with two attached hydrogens (primary N) is 1. The van der Waals surface area contributed by atoms with Gasteiger partial charge < -0.3 is 10.5 Å². The molecule has 4 nitrogen and oxygen atoms in total. The first-order valence-electron chi connectivity index (χ1n) is 3.79. The topological polar surface area (TPSA) is 71.9 Å². The van der Waals surface area contributed by atoms with Crippen LogP contribution >= 0.6 is 0 Å². The summed E-state index contributed by atoms with van der Waals surface area (Å²) < 4.78 is 5.28. The van der Waals surface area contributed by atoms with Crippen LogP contribution in [-0.4, -0.2) is 11.1 Å². The lowest BCUT2D eigenvalue weighted by molar-refractivity contribution is 0.283. The van der Waals surface area contributed by atoms with Gasteiger partial charge in [-0.2, -0.15) is 5.26 Å². The van der Waals surface area contributed by atoms with E-state index in [1.54, 1.807) is 24.4 Å². The van der Waals surface area contributed by atoms with Crippen molar-refractivity contribution in [3.8, 4) is 11.8 Å². The molecular weight excluding hydrogens is 166 g/mol. The number of ether oxygens (including phenoxy) is 1. The Balaban J connectivity index is 2.48. The number of pyridine rings is 1. The third-order valence-corrected chi connectivity index (χ3v) is 1.77. The molecular formula is C9H7N3O. The predicted octanol–water partition coefficient (Wildman–Crippen LogP) is 0.666. The van der Waals surface area contributed by atoms with Gasteiger partial charge in [0, 0.05) is 6.20 Å². The maximum atomic E-state index is 8.67. The van der Waals surface area contributed by atoms with Crippen LogP contribution in [0.2, 0.25) is 0 Å². The Bertz CT molecular complexity index is 406. The van der Waals surface area contributed by atoms with Gasteiger partial charge in [-0.3, -0.25) is 4.98 Å². The molecule has 4 heteroatoms. The number of hydrogen-bond donors (Lipinski definition) is 1. The highest BCUT2D eigenvalue weighted by molar-refractivity contribution is 5.59. The lowest BCUT2D eigenvalue weighted by atomic mass is 10.1. The first kappa shape index (κ1) is 7.62. The Hall–Kier alpha value is -2.02. The molecule has 0 bridgehead atoms. The van der Waals surface area contributed by atoms with Gasteiger partial charge >= 0.3 is 0 Å². The van der Waals surface area contributed by atoms with E-state index < -0.39 is 6.10 Å². The Morgan fingerprint density at radius 2 is 2.46 bits per heavy atom. The molecule has 0 aromatic carbocycles. The van der Waals surface area contributed by atoms with E-state index in [1.807, 2.05) is 6.07 Å². The Labute approximate surface area is 75.3 Å². The minimum absolute atomic E-state index is 0.397. The second kappa shape index (κ2) is 2.79. The molecule has 13 heavy (non-hydrogen) atoms. The van der Waals surface area contributed by atoms with Gasteiger partial charge in [-0.1, -0.05) is 0 Å². The van der Waals surface area contributed by atoms with Crippen molar-refractivity contribution >= 4 is 6.08 Å². The minimum Gasteiger partial charge on any atom is -0.467 e. The van der Waals surface area contributed by atoms with Crippen LogP contribution in [-0.2, 0) is 0 Å². The smallest absolute Gasteiger partial charge is 0.223 e. The fourth-order valence-electron chi connectivity index (χ4n) is 1.14. The molecule has 0 radical (unpaired) electrons. The van der Waals surface area contributed by atoms with E-state index in [-0.39, 0.29) is 0 Å². The SMILES string of the molecule is N#CC1Oc2cccnc2C=C1N. The largest absolute Gasteiger partial charge is 0.467 e. The molecule has 0 spiro atoms. The summed E-state index contributed by atoms with van der Waals surface area (Å²) >= 11 is 0. The van der Waals surface area contributed by atoms with Crippen LogP contribution < -0.4 is 10.5 Å². The molecule has 2 N–H and O–H groups in total. The van der Waals surface area contributed by atoms with Crippen LogP contribution in [0.15, 0.2) is 24.0 Å². The van der Waals surface area contributed by atoms with Crippen LogP contribution in [0.25, 0.3) is 6.08 Å². The summed E-state index contributed by atoms with van der Waals surface area (Å²) in [5, 5.41) is 8.67. The molecule has 1 aliphatic rings. The first-order valence-corrected chi connectivity index (χ1v) is 3.79. The summed E-state index contributed by atoms with van der Waals surface area (Å²) in [5.41, 5.74) is 6.65. The van der Waals surface area contributed by atoms with Crippen LogP contribution in [0.4, 0.5) is 0 Å². The summed E-state index contributed by atoms with van der Waals surface area (Å²) in [7, 11) is 0. The van der Waals surface area contributed by atoms with Gasteiger partial charge in [0.05, 0.1) is 5.70 Å². The lowest BCUT2D eigenvalue weighted by Gasteiger charge is -2.18. The quantitative estimate of drug-likeness (QED) is 0.625. The van der Waals surface area contributed by atoms with Crippen molar-refractivity contribution in [1.29, 1.82) is 5.26 Å². The van der Waals surface area contributed by atoms with Crippen LogP contribution in [0.1, 0.15) is 5.69 Å². The standard InChI is InChI=1S/C9H7N3O/c10-5-9-6(11)4-7-8(13-9)2-1-3-12-7/h1-4,9H,11H2. The molecule has 1 aromatic heterocycles. The second-order valence-electron chi connectivity index (χ2n) is 2.66. The van der Waals surface area contributed by atoms with E-state index in [1.165, 1.54) is 0 Å². The van der Waals surface area contributed by atoms with E-state index >= 15 is 0 Å². The molecule has 2 heterocycles. The molecule has 0 amide bonds. The maximum absolute atomic E-state index is 8.67. The summed E-state index contributed by atoms with van der Waals surface area (Å²) in [6.07, 6.45) is 2.63. The van der Waals surface area contributed by atoms with Gasteiger partial charge in [-0.05, 0) is 18.2 Å².